The number of pyridine rings is 1. The molecule has 1 N–H and O–H groups in total. The summed E-state index contributed by atoms with van der Waals surface area (Å²) >= 11 is 0. The fraction of sp³-hybridized carbons (Fsp3) is 0.538. The fourth-order valence-corrected chi connectivity index (χ4v) is 1.51. The number of hydrogen-bond donors (Lipinski definition) is 1. The zero-order chi connectivity index (χ0) is 12.8. The highest BCUT2D eigenvalue weighted by molar-refractivity contribution is 5.94. The maximum atomic E-state index is 13.2. The Morgan fingerprint density at radius 1 is 1.41 bits per heavy atom. The molecule has 0 saturated carbocycles. The van der Waals surface area contributed by atoms with E-state index < -0.39 is 11.9 Å². The van der Waals surface area contributed by atoms with Crippen molar-refractivity contribution >= 4 is 5.91 Å². The highest BCUT2D eigenvalue weighted by Crippen LogP contribution is 2.08. The normalized spacial score (nSPS) is 12.5. The summed E-state index contributed by atoms with van der Waals surface area (Å²) in [7, 11) is 0. The molecule has 4 heteroatoms. The van der Waals surface area contributed by atoms with E-state index in [1.807, 2.05) is 6.92 Å². The lowest BCUT2D eigenvalue weighted by Crippen LogP contribution is -2.33. The van der Waals surface area contributed by atoms with E-state index in [1.165, 1.54) is 12.3 Å². The lowest BCUT2D eigenvalue weighted by Gasteiger charge is -2.15. The number of rotatable bonds is 5. The lowest BCUT2D eigenvalue weighted by molar-refractivity contribution is 0.0932. The van der Waals surface area contributed by atoms with Gasteiger partial charge in [-0.2, -0.15) is 4.39 Å². The van der Waals surface area contributed by atoms with Crippen LogP contribution in [0.2, 0.25) is 0 Å². The van der Waals surface area contributed by atoms with Gasteiger partial charge in [-0.15, -0.1) is 0 Å². The van der Waals surface area contributed by atoms with Crippen molar-refractivity contribution in [3.05, 3.63) is 29.8 Å². The van der Waals surface area contributed by atoms with E-state index in [-0.39, 0.29) is 11.6 Å². The van der Waals surface area contributed by atoms with Crippen LogP contribution in [0.5, 0.6) is 0 Å². The van der Waals surface area contributed by atoms with E-state index >= 15 is 0 Å². The second kappa shape index (κ2) is 6.33. The molecule has 3 nitrogen and oxygen atoms in total. The number of nitrogens with one attached hydrogen (secondary N) is 1. The van der Waals surface area contributed by atoms with E-state index in [2.05, 4.69) is 24.1 Å². The van der Waals surface area contributed by atoms with Gasteiger partial charge >= 0.3 is 0 Å². The first-order chi connectivity index (χ1) is 8.00. The molecular weight excluding hydrogens is 219 g/mol. The van der Waals surface area contributed by atoms with Crippen molar-refractivity contribution in [2.45, 2.75) is 39.7 Å². The van der Waals surface area contributed by atoms with Gasteiger partial charge in [0.15, 0.2) is 0 Å². The molecular formula is C13H19FN2O. The summed E-state index contributed by atoms with van der Waals surface area (Å²) in [4.78, 5) is 15.2. The van der Waals surface area contributed by atoms with Crippen LogP contribution >= 0.6 is 0 Å². The van der Waals surface area contributed by atoms with Crippen molar-refractivity contribution in [3.63, 3.8) is 0 Å². The van der Waals surface area contributed by atoms with Crippen LogP contribution in [0.3, 0.4) is 0 Å². The monoisotopic (exact) mass is 238 g/mol. The molecule has 0 aromatic carbocycles. The molecule has 0 aliphatic carbocycles. The van der Waals surface area contributed by atoms with Crippen LogP contribution in [0.1, 0.15) is 44.0 Å². The molecule has 1 aromatic heterocycles. The molecule has 0 bridgehead atoms. The standard InChI is InChI=1S/C13H19FN2O/c1-9(2)6-7-10(3)16-13(17)11-5-4-8-15-12(11)14/h4-5,8-10H,6-7H2,1-3H3,(H,16,17). The smallest absolute Gasteiger partial charge is 0.256 e. The third-order valence-corrected chi connectivity index (χ3v) is 2.56. The predicted octanol–water partition coefficient (Wildman–Crippen LogP) is 2.78. The molecule has 17 heavy (non-hydrogen) atoms. The molecule has 0 fully saturated rings. The quantitative estimate of drug-likeness (QED) is 0.801. The summed E-state index contributed by atoms with van der Waals surface area (Å²) in [5, 5.41) is 2.77. The fourth-order valence-electron chi connectivity index (χ4n) is 1.51. The van der Waals surface area contributed by atoms with Crippen LogP contribution in [-0.4, -0.2) is 16.9 Å². The minimum absolute atomic E-state index is 0.00361. The lowest BCUT2D eigenvalue weighted by atomic mass is 10.0. The molecule has 0 aliphatic rings. The Kier molecular flexibility index (Phi) is 5.07. The van der Waals surface area contributed by atoms with Crippen molar-refractivity contribution in [2.24, 2.45) is 5.92 Å². The predicted molar refractivity (Wildman–Crippen MR) is 65.2 cm³/mol. The van der Waals surface area contributed by atoms with E-state index in [0.29, 0.717) is 5.92 Å². The van der Waals surface area contributed by atoms with E-state index in [4.69, 9.17) is 0 Å². The zero-order valence-corrected chi connectivity index (χ0v) is 10.5. The van der Waals surface area contributed by atoms with Crippen LogP contribution in [0.15, 0.2) is 18.3 Å². The van der Waals surface area contributed by atoms with Gasteiger partial charge in [0.25, 0.3) is 5.91 Å². The van der Waals surface area contributed by atoms with Crippen LogP contribution in [0, 0.1) is 11.9 Å². The van der Waals surface area contributed by atoms with Crippen molar-refractivity contribution in [1.82, 2.24) is 10.3 Å². The third kappa shape index (κ3) is 4.51. The summed E-state index contributed by atoms with van der Waals surface area (Å²) < 4.78 is 13.2. The Hall–Kier alpha value is -1.45. The summed E-state index contributed by atoms with van der Waals surface area (Å²) in [6.45, 7) is 6.19. The SMILES string of the molecule is CC(C)CCC(C)NC(=O)c1cccnc1F. The minimum atomic E-state index is -0.721. The highest BCUT2D eigenvalue weighted by atomic mass is 19.1. The van der Waals surface area contributed by atoms with Crippen LogP contribution in [0.4, 0.5) is 4.39 Å². The Bertz CT molecular complexity index is 379. The summed E-state index contributed by atoms with van der Waals surface area (Å²) in [6.07, 6.45) is 3.26. The molecule has 0 spiro atoms. The third-order valence-electron chi connectivity index (χ3n) is 2.56. The molecule has 0 saturated heterocycles. The Morgan fingerprint density at radius 2 is 2.12 bits per heavy atom. The second-order valence-electron chi connectivity index (χ2n) is 4.69. The van der Waals surface area contributed by atoms with Gasteiger partial charge in [-0.05, 0) is 37.8 Å². The number of halogens is 1. The first-order valence-corrected chi connectivity index (χ1v) is 5.92. The Labute approximate surface area is 101 Å². The van der Waals surface area contributed by atoms with Gasteiger partial charge < -0.3 is 5.32 Å². The summed E-state index contributed by atoms with van der Waals surface area (Å²) in [5.41, 5.74) is 0.00361. The number of amides is 1. The molecule has 1 amide bonds. The van der Waals surface area contributed by atoms with Crippen LogP contribution < -0.4 is 5.32 Å². The number of aromatic nitrogens is 1. The van der Waals surface area contributed by atoms with Crippen molar-refractivity contribution in [2.75, 3.05) is 0 Å². The second-order valence-corrected chi connectivity index (χ2v) is 4.69. The highest BCUT2D eigenvalue weighted by Gasteiger charge is 2.14. The van der Waals surface area contributed by atoms with E-state index in [9.17, 15) is 9.18 Å². The van der Waals surface area contributed by atoms with Gasteiger partial charge in [0.1, 0.15) is 0 Å². The topological polar surface area (TPSA) is 42.0 Å². The first-order valence-electron chi connectivity index (χ1n) is 5.92. The van der Waals surface area contributed by atoms with E-state index in [0.717, 1.165) is 12.8 Å². The minimum Gasteiger partial charge on any atom is -0.349 e. The van der Waals surface area contributed by atoms with Gasteiger partial charge in [0.2, 0.25) is 5.95 Å². The molecule has 0 radical (unpaired) electrons. The van der Waals surface area contributed by atoms with Crippen LogP contribution in [0.25, 0.3) is 0 Å². The van der Waals surface area contributed by atoms with Gasteiger partial charge in [-0.1, -0.05) is 13.8 Å². The molecule has 94 valence electrons. The van der Waals surface area contributed by atoms with Crippen molar-refractivity contribution in [3.8, 4) is 0 Å². The largest absolute Gasteiger partial charge is 0.349 e. The number of nitrogens with zero attached hydrogens (tertiary/aromatic N) is 1. The zero-order valence-electron chi connectivity index (χ0n) is 10.5. The van der Waals surface area contributed by atoms with Crippen LogP contribution in [-0.2, 0) is 0 Å². The first kappa shape index (κ1) is 13.6. The van der Waals surface area contributed by atoms with E-state index in [1.54, 1.807) is 6.07 Å². The number of carbonyl (C=O) groups excluding carboxylic acids is 1. The van der Waals surface area contributed by atoms with Gasteiger partial charge in [-0.25, -0.2) is 4.98 Å². The summed E-state index contributed by atoms with van der Waals surface area (Å²) in [6, 6.07) is 3.04. The number of carbonyl (C=O) groups is 1. The van der Waals surface area contributed by atoms with Crippen molar-refractivity contribution in [1.29, 1.82) is 0 Å². The number of hydrogen-bond acceptors (Lipinski definition) is 2. The average molecular weight is 238 g/mol. The van der Waals surface area contributed by atoms with Gasteiger partial charge in [-0.3, -0.25) is 4.79 Å². The summed E-state index contributed by atoms with van der Waals surface area (Å²) in [5.74, 6) is -0.516. The Morgan fingerprint density at radius 3 is 2.71 bits per heavy atom. The molecule has 1 aromatic rings. The molecule has 0 aliphatic heterocycles. The van der Waals surface area contributed by atoms with Gasteiger partial charge in [0.05, 0.1) is 5.56 Å². The molecule has 1 atom stereocenters. The van der Waals surface area contributed by atoms with Gasteiger partial charge in [0, 0.05) is 12.2 Å². The average Bonchev–Trinajstić information content (AvgIpc) is 2.26. The maximum absolute atomic E-state index is 13.2. The molecule has 1 heterocycles. The maximum Gasteiger partial charge on any atom is 0.256 e. The Balaban J connectivity index is 2.52. The molecule has 1 rings (SSSR count). The molecule has 1 unspecified atom stereocenters. The van der Waals surface area contributed by atoms with Crippen molar-refractivity contribution < 1.29 is 9.18 Å².